The summed E-state index contributed by atoms with van der Waals surface area (Å²) in [5.74, 6) is 0.661. The van der Waals surface area contributed by atoms with Gasteiger partial charge in [-0.2, -0.15) is 0 Å². The van der Waals surface area contributed by atoms with Gasteiger partial charge in [-0.3, -0.25) is 4.84 Å². The van der Waals surface area contributed by atoms with Gasteiger partial charge in [0.25, 0.3) is 0 Å². The van der Waals surface area contributed by atoms with E-state index in [-0.39, 0.29) is 5.25 Å². The summed E-state index contributed by atoms with van der Waals surface area (Å²) in [5.41, 5.74) is 0. The predicted molar refractivity (Wildman–Crippen MR) is 50.5 cm³/mol. The Morgan fingerprint density at radius 2 is 1.77 bits per heavy atom. The molecule has 0 aromatic carbocycles. The maximum atomic E-state index is 11.5. The van der Waals surface area contributed by atoms with Crippen molar-refractivity contribution in [3.05, 3.63) is 0 Å². The van der Waals surface area contributed by atoms with Gasteiger partial charge in [-0.15, -0.1) is 0 Å². The molecule has 1 N–H and O–H groups in total. The second kappa shape index (κ2) is 4.39. The van der Waals surface area contributed by atoms with E-state index in [0.717, 1.165) is 25.7 Å². The molecule has 0 amide bonds. The molecular weight excluding hydrogens is 190 g/mol. The third-order valence-electron chi connectivity index (χ3n) is 2.60. The summed E-state index contributed by atoms with van der Waals surface area (Å²) in [4.78, 5) is 6.53. The van der Waals surface area contributed by atoms with E-state index in [0.29, 0.717) is 5.92 Å². The van der Waals surface area contributed by atoms with Gasteiger partial charge in [0, 0.05) is 0 Å². The van der Waals surface area contributed by atoms with Crippen molar-refractivity contribution in [3.63, 3.8) is 0 Å². The van der Waals surface area contributed by atoms with Gasteiger partial charge in [0.2, 0.25) is 10.0 Å². The molecule has 4 nitrogen and oxygen atoms in total. The smallest absolute Gasteiger partial charge is 0.236 e. The number of rotatable bonds is 3. The number of hydrogen-bond acceptors (Lipinski definition) is 3. The van der Waals surface area contributed by atoms with Crippen LogP contribution in [-0.2, 0) is 14.9 Å². The van der Waals surface area contributed by atoms with Crippen LogP contribution in [0.1, 0.15) is 32.6 Å². The molecule has 1 rings (SSSR count). The first-order chi connectivity index (χ1) is 6.06. The Kier molecular flexibility index (Phi) is 3.70. The highest BCUT2D eigenvalue weighted by molar-refractivity contribution is 7.89. The summed E-state index contributed by atoms with van der Waals surface area (Å²) in [6.45, 7) is 2.16. The predicted octanol–water partition coefficient (Wildman–Crippen LogP) is 1.05. The Hall–Kier alpha value is -0.130. The monoisotopic (exact) mass is 207 g/mol. The molecule has 0 saturated heterocycles. The number of sulfonamides is 1. The molecule has 0 heterocycles. The minimum Gasteiger partial charge on any atom is -0.290 e. The Morgan fingerprint density at radius 3 is 2.23 bits per heavy atom. The minimum atomic E-state index is -3.23. The van der Waals surface area contributed by atoms with E-state index in [1.54, 1.807) is 0 Å². The third-order valence-corrected chi connectivity index (χ3v) is 4.35. The van der Waals surface area contributed by atoms with Crippen molar-refractivity contribution in [1.29, 1.82) is 0 Å². The summed E-state index contributed by atoms with van der Waals surface area (Å²) >= 11 is 0. The van der Waals surface area contributed by atoms with Gasteiger partial charge in [-0.05, 0) is 31.6 Å². The standard InChI is InChI=1S/C8H17NO3S/c1-7-3-5-8(6-4-7)13(10,11)9-12-2/h7-9H,3-6H2,1-2H3. The van der Waals surface area contributed by atoms with Crippen molar-refractivity contribution >= 4 is 10.0 Å². The van der Waals surface area contributed by atoms with E-state index < -0.39 is 10.0 Å². The van der Waals surface area contributed by atoms with E-state index in [2.05, 4.69) is 16.6 Å². The highest BCUT2D eigenvalue weighted by atomic mass is 32.2. The summed E-state index contributed by atoms with van der Waals surface area (Å²) in [6, 6.07) is 0. The molecular formula is C8H17NO3S. The first-order valence-electron chi connectivity index (χ1n) is 4.60. The Bertz CT molecular complexity index is 242. The topological polar surface area (TPSA) is 55.4 Å². The van der Waals surface area contributed by atoms with Gasteiger partial charge in [-0.25, -0.2) is 8.42 Å². The molecule has 0 aliphatic heterocycles. The molecule has 0 spiro atoms. The fraction of sp³-hybridized carbons (Fsp3) is 1.00. The van der Waals surface area contributed by atoms with Crippen LogP contribution < -0.4 is 4.89 Å². The SMILES string of the molecule is CONS(=O)(=O)C1CCC(C)CC1. The molecule has 0 aromatic heterocycles. The maximum absolute atomic E-state index is 11.5. The molecule has 78 valence electrons. The molecule has 0 radical (unpaired) electrons. The first-order valence-corrected chi connectivity index (χ1v) is 6.14. The lowest BCUT2D eigenvalue weighted by Gasteiger charge is -2.25. The lowest BCUT2D eigenvalue weighted by atomic mass is 9.91. The molecule has 1 aliphatic rings. The molecule has 1 fully saturated rings. The second-order valence-corrected chi connectivity index (χ2v) is 5.64. The quantitative estimate of drug-likeness (QED) is 0.704. The van der Waals surface area contributed by atoms with Crippen LogP contribution in [0.4, 0.5) is 0 Å². The van der Waals surface area contributed by atoms with Crippen molar-refractivity contribution in [2.45, 2.75) is 37.9 Å². The lowest BCUT2D eigenvalue weighted by molar-refractivity contribution is 0.151. The Labute approximate surface area is 79.7 Å². The van der Waals surface area contributed by atoms with Crippen molar-refractivity contribution in [1.82, 2.24) is 4.89 Å². The summed E-state index contributed by atoms with van der Waals surface area (Å²) in [5, 5.41) is -0.261. The second-order valence-electron chi connectivity index (χ2n) is 3.71. The highest BCUT2D eigenvalue weighted by Crippen LogP contribution is 2.27. The van der Waals surface area contributed by atoms with E-state index in [9.17, 15) is 8.42 Å². The van der Waals surface area contributed by atoms with Crippen LogP contribution in [-0.4, -0.2) is 20.8 Å². The van der Waals surface area contributed by atoms with Gasteiger partial charge in [-0.1, -0.05) is 11.8 Å². The van der Waals surface area contributed by atoms with Crippen LogP contribution in [0.15, 0.2) is 0 Å². The molecule has 0 aromatic rings. The first kappa shape index (κ1) is 10.9. The average Bonchev–Trinajstić information content (AvgIpc) is 2.05. The Balaban J connectivity index is 2.53. The zero-order valence-corrected chi connectivity index (χ0v) is 8.93. The van der Waals surface area contributed by atoms with Gasteiger partial charge in [0.05, 0.1) is 12.4 Å². The van der Waals surface area contributed by atoms with Crippen molar-refractivity contribution in [2.24, 2.45) is 5.92 Å². The van der Waals surface area contributed by atoms with E-state index >= 15 is 0 Å². The molecule has 1 aliphatic carbocycles. The van der Waals surface area contributed by atoms with Gasteiger partial charge in [0.15, 0.2) is 0 Å². The Morgan fingerprint density at radius 1 is 1.23 bits per heavy atom. The molecule has 0 unspecified atom stereocenters. The van der Waals surface area contributed by atoms with Crippen LogP contribution in [0.5, 0.6) is 0 Å². The number of hydrogen-bond donors (Lipinski definition) is 1. The van der Waals surface area contributed by atoms with Gasteiger partial charge >= 0.3 is 0 Å². The summed E-state index contributed by atoms with van der Waals surface area (Å²) in [6.07, 6.45) is 3.49. The minimum absolute atomic E-state index is 0.261. The zero-order chi connectivity index (χ0) is 9.90. The van der Waals surface area contributed by atoms with Crippen LogP contribution in [0.2, 0.25) is 0 Å². The largest absolute Gasteiger partial charge is 0.290 e. The number of nitrogens with one attached hydrogen (secondary N) is 1. The van der Waals surface area contributed by atoms with E-state index in [4.69, 9.17) is 0 Å². The fourth-order valence-electron chi connectivity index (χ4n) is 1.72. The van der Waals surface area contributed by atoms with Crippen LogP contribution in [0, 0.1) is 5.92 Å². The molecule has 0 atom stereocenters. The highest BCUT2D eigenvalue weighted by Gasteiger charge is 2.29. The van der Waals surface area contributed by atoms with E-state index in [1.807, 2.05) is 0 Å². The van der Waals surface area contributed by atoms with Crippen LogP contribution in [0.3, 0.4) is 0 Å². The summed E-state index contributed by atoms with van der Waals surface area (Å²) in [7, 11) is -1.91. The average molecular weight is 207 g/mol. The van der Waals surface area contributed by atoms with Crippen LogP contribution >= 0.6 is 0 Å². The normalized spacial score (nSPS) is 30.3. The van der Waals surface area contributed by atoms with Gasteiger partial charge < -0.3 is 0 Å². The summed E-state index contributed by atoms with van der Waals surface area (Å²) < 4.78 is 22.9. The lowest BCUT2D eigenvalue weighted by Crippen LogP contribution is -2.35. The van der Waals surface area contributed by atoms with Crippen molar-refractivity contribution in [2.75, 3.05) is 7.11 Å². The molecule has 0 bridgehead atoms. The fourth-order valence-corrected chi connectivity index (χ4v) is 2.99. The van der Waals surface area contributed by atoms with E-state index in [1.165, 1.54) is 7.11 Å². The molecule has 1 saturated carbocycles. The van der Waals surface area contributed by atoms with Crippen LogP contribution in [0.25, 0.3) is 0 Å². The van der Waals surface area contributed by atoms with Crippen molar-refractivity contribution < 1.29 is 13.3 Å². The van der Waals surface area contributed by atoms with Gasteiger partial charge in [0.1, 0.15) is 0 Å². The molecule has 5 heteroatoms. The van der Waals surface area contributed by atoms with Crippen molar-refractivity contribution in [3.8, 4) is 0 Å². The third kappa shape index (κ3) is 2.93. The molecule has 13 heavy (non-hydrogen) atoms. The zero-order valence-electron chi connectivity index (χ0n) is 8.12. The maximum Gasteiger partial charge on any atom is 0.236 e.